The highest BCUT2D eigenvalue weighted by Crippen LogP contribution is 2.35. The Morgan fingerprint density at radius 2 is 2.06 bits per heavy atom. The van der Waals surface area contributed by atoms with E-state index in [4.69, 9.17) is 5.11 Å². The summed E-state index contributed by atoms with van der Waals surface area (Å²) in [6.45, 7) is 1.46. The predicted octanol–water partition coefficient (Wildman–Crippen LogP) is 2.01. The van der Waals surface area contributed by atoms with Gasteiger partial charge in [-0.3, -0.25) is 9.59 Å². The molecule has 1 aliphatic rings. The van der Waals surface area contributed by atoms with Gasteiger partial charge < -0.3 is 5.11 Å². The van der Waals surface area contributed by atoms with Gasteiger partial charge in [-0.1, -0.05) is 24.3 Å². The number of carbonyl (C=O) groups excluding carboxylic acids is 1. The molecule has 0 saturated carbocycles. The molecule has 0 amide bonds. The van der Waals surface area contributed by atoms with Gasteiger partial charge in [0.1, 0.15) is 5.92 Å². The summed E-state index contributed by atoms with van der Waals surface area (Å²) < 4.78 is 0. The SMILES string of the molecule is CC(C(=O)O)C(=O)C1CCc2ccccc21. The van der Waals surface area contributed by atoms with Crippen molar-refractivity contribution in [3.8, 4) is 0 Å². The molecule has 0 spiro atoms. The number of ketones is 1. The molecule has 2 unspecified atom stereocenters. The van der Waals surface area contributed by atoms with E-state index in [0.717, 1.165) is 18.4 Å². The van der Waals surface area contributed by atoms with E-state index in [-0.39, 0.29) is 11.7 Å². The Morgan fingerprint density at radius 1 is 1.38 bits per heavy atom. The first-order chi connectivity index (χ1) is 7.61. The average molecular weight is 218 g/mol. The number of rotatable bonds is 3. The maximum Gasteiger partial charge on any atom is 0.313 e. The van der Waals surface area contributed by atoms with Crippen LogP contribution in [0.15, 0.2) is 24.3 Å². The van der Waals surface area contributed by atoms with Gasteiger partial charge in [-0.2, -0.15) is 0 Å². The van der Waals surface area contributed by atoms with Crippen LogP contribution in [0.2, 0.25) is 0 Å². The van der Waals surface area contributed by atoms with Crippen molar-refractivity contribution in [2.75, 3.05) is 0 Å². The molecule has 2 atom stereocenters. The van der Waals surface area contributed by atoms with Crippen molar-refractivity contribution in [3.05, 3.63) is 35.4 Å². The van der Waals surface area contributed by atoms with E-state index < -0.39 is 11.9 Å². The molecule has 84 valence electrons. The number of hydrogen-bond acceptors (Lipinski definition) is 2. The summed E-state index contributed by atoms with van der Waals surface area (Å²) >= 11 is 0. The maximum absolute atomic E-state index is 12.0. The lowest BCUT2D eigenvalue weighted by Gasteiger charge is -2.13. The van der Waals surface area contributed by atoms with Gasteiger partial charge in [-0.15, -0.1) is 0 Å². The fraction of sp³-hybridized carbons (Fsp3) is 0.385. The average Bonchev–Trinajstić information content (AvgIpc) is 2.70. The molecule has 1 N–H and O–H groups in total. The molecule has 0 fully saturated rings. The summed E-state index contributed by atoms with van der Waals surface area (Å²) in [6, 6.07) is 7.79. The van der Waals surface area contributed by atoms with Crippen LogP contribution in [0.3, 0.4) is 0 Å². The van der Waals surface area contributed by atoms with Gasteiger partial charge in [0.25, 0.3) is 0 Å². The van der Waals surface area contributed by atoms with Gasteiger partial charge in [0.05, 0.1) is 0 Å². The molecular weight excluding hydrogens is 204 g/mol. The Morgan fingerprint density at radius 3 is 2.75 bits per heavy atom. The summed E-state index contributed by atoms with van der Waals surface area (Å²) in [5, 5.41) is 8.84. The van der Waals surface area contributed by atoms with Gasteiger partial charge in [0.2, 0.25) is 0 Å². The summed E-state index contributed by atoms with van der Waals surface area (Å²) in [6.07, 6.45) is 1.62. The highest BCUT2D eigenvalue weighted by Gasteiger charge is 2.33. The van der Waals surface area contributed by atoms with Crippen LogP contribution in [0.4, 0.5) is 0 Å². The quantitative estimate of drug-likeness (QED) is 0.789. The zero-order chi connectivity index (χ0) is 11.7. The Kier molecular flexibility index (Phi) is 2.77. The van der Waals surface area contributed by atoms with Crippen molar-refractivity contribution in [1.29, 1.82) is 0 Å². The van der Waals surface area contributed by atoms with Crippen LogP contribution in [-0.4, -0.2) is 16.9 Å². The molecule has 1 aliphatic carbocycles. The fourth-order valence-electron chi connectivity index (χ4n) is 2.28. The van der Waals surface area contributed by atoms with Crippen molar-refractivity contribution < 1.29 is 14.7 Å². The Hall–Kier alpha value is -1.64. The number of carbonyl (C=O) groups is 2. The third kappa shape index (κ3) is 1.73. The minimum atomic E-state index is -1.03. The van der Waals surface area contributed by atoms with E-state index in [1.807, 2.05) is 24.3 Å². The summed E-state index contributed by atoms with van der Waals surface area (Å²) in [5.74, 6) is -2.33. The number of aryl methyl sites for hydroxylation is 1. The minimum Gasteiger partial charge on any atom is -0.481 e. The monoisotopic (exact) mass is 218 g/mol. The van der Waals surface area contributed by atoms with Crippen LogP contribution in [0, 0.1) is 5.92 Å². The lowest BCUT2D eigenvalue weighted by molar-refractivity contribution is -0.145. The number of fused-ring (bicyclic) bond motifs is 1. The lowest BCUT2D eigenvalue weighted by Crippen LogP contribution is -2.25. The molecule has 1 aromatic carbocycles. The normalized spacial score (nSPS) is 20.2. The van der Waals surface area contributed by atoms with Crippen molar-refractivity contribution in [2.45, 2.75) is 25.7 Å². The maximum atomic E-state index is 12.0. The topological polar surface area (TPSA) is 54.4 Å². The summed E-state index contributed by atoms with van der Waals surface area (Å²) in [7, 11) is 0. The van der Waals surface area contributed by atoms with Crippen molar-refractivity contribution in [1.82, 2.24) is 0 Å². The zero-order valence-electron chi connectivity index (χ0n) is 9.14. The van der Waals surface area contributed by atoms with E-state index in [0.29, 0.717) is 0 Å². The van der Waals surface area contributed by atoms with Gasteiger partial charge in [-0.05, 0) is 30.9 Å². The van der Waals surface area contributed by atoms with Gasteiger partial charge in [0.15, 0.2) is 5.78 Å². The molecule has 0 bridgehead atoms. The molecule has 0 heterocycles. The first-order valence-corrected chi connectivity index (χ1v) is 5.45. The molecule has 3 nitrogen and oxygen atoms in total. The van der Waals surface area contributed by atoms with E-state index in [9.17, 15) is 9.59 Å². The van der Waals surface area contributed by atoms with Gasteiger partial charge in [0, 0.05) is 5.92 Å². The first-order valence-electron chi connectivity index (χ1n) is 5.45. The molecule has 0 saturated heterocycles. The van der Waals surface area contributed by atoms with Crippen LogP contribution < -0.4 is 0 Å². The number of hydrogen-bond donors (Lipinski definition) is 1. The molecule has 3 heteroatoms. The predicted molar refractivity (Wildman–Crippen MR) is 59.3 cm³/mol. The standard InChI is InChI=1S/C13H14O3/c1-8(13(15)16)12(14)11-7-6-9-4-2-3-5-10(9)11/h2-5,8,11H,6-7H2,1H3,(H,15,16). The molecular formula is C13H14O3. The fourth-order valence-corrected chi connectivity index (χ4v) is 2.28. The zero-order valence-corrected chi connectivity index (χ0v) is 9.14. The first kappa shape index (κ1) is 10.9. The second kappa shape index (κ2) is 4.08. The largest absolute Gasteiger partial charge is 0.481 e. The van der Waals surface area contributed by atoms with Gasteiger partial charge in [-0.25, -0.2) is 0 Å². The number of aliphatic carboxylic acids is 1. The number of carboxylic acid groups (broad SMARTS) is 1. The molecule has 0 aliphatic heterocycles. The van der Waals surface area contributed by atoms with Gasteiger partial charge >= 0.3 is 5.97 Å². The Labute approximate surface area is 94.1 Å². The van der Waals surface area contributed by atoms with Crippen molar-refractivity contribution in [2.24, 2.45) is 5.92 Å². The molecule has 2 rings (SSSR count). The third-order valence-corrected chi connectivity index (χ3v) is 3.27. The number of carboxylic acids is 1. The van der Waals surface area contributed by atoms with E-state index in [1.54, 1.807) is 0 Å². The second-order valence-corrected chi connectivity index (χ2v) is 4.25. The summed E-state index contributed by atoms with van der Waals surface area (Å²) in [5.41, 5.74) is 2.19. The molecule has 0 radical (unpaired) electrons. The van der Waals surface area contributed by atoms with Crippen molar-refractivity contribution in [3.63, 3.8) is 0 Å². The smallest absolute Gasteiger partial charge is 0.313 e. The third-order valence-electron chi connectivity index (χ3n) is 3.27. The minimum absolute atomic E-state index is 0.169. The van der Waals surface area contributed by atoms with E-state index >= 15 is 0 Å². The lowest BCUT2D eigenvalue weighted by atomic mass is 9.89. The Bertz CT molecular complexity index is 437. The van der Waals surface area contributed by atoms with Crippen LogP contribution >= 0.6 is 0 Å². The molecule has 16 heavy (non-hydrogen) atoms. The second-order valence-electron chi connectivity index (χ2n) is 4.25. The van der Waals surface area contributed by atoms with Crippen LogP contribution in [-0.2, 0) is 16.0 Å². The highest BCUT2D eigenvalue weighted by molar-refractivity contribution is 6.01. The van der Waals surface area contributed by atoms with E-state index in [2.05, 4.69) is 0 Å². The number of Topliss-reactive ketones (excluding diaryl/α,β-unsaturated/α-hetero) is 1. The van der Waals surface area contributed by atoms with Crippen LogP contribution in [0.5, 0.6) is 0 Å². The Balaban J connectivity index is 2.25. The highest BCUT2D eigenvalue weighted by atomic mass is 16.4. The van der Waals surface area contributed by atoms with Crippen molar-refractivity contribution >= 4 is 11.8 Å². The molecule has 0 aromatic heterocycles. The van der Waals surface area contributed by atoms with E-state index in [1.165, 1.54) is 12.5 Å². The van der Waals surface area contributed by atoms with Crippen LogP contribution in [0.25, 0.3) is 0 Å². The number of benzene rings is 1. The van der Waals surface area contributed by atoms with Crippen LogP contribution in [0.1, 0.15) is 30.4 Å². The summed E-state index contributed by atoms with van der Waals surface area (Å²) in [4.78, 5) is 22.8. The molecule has 1 aromatic rings.